The number of nitrogens with zero attached hydrogens (tertiary/aromatic N) is 1. The molecular formula is C24H21NO5. The third-order valence-electron chi connectivity index (χ3n) is 5.48. The Morgan fingerprint density at radius 3 is 2.57 bits per heavy atom. The Morgan fingerprint density at radius 2 is 1.83 bits per heavy atom. The van der Waals surface area contributed by atoms with Gasteiger partial charge in [-0.3, -0.25) is 9.59 Å². The van der Waals surface area contributed by atoms with Crippen LogP contribution < -0.4 is 5.63 Å². The molecule has 1 aliphatic rings. The third kappa shape index (κ3) is 3.41. The average Bonchev–Trinajstić information content (AvgIpc) is 2.98. The van der Waals surface area contributed by atoms with Gasteiger partial charge >= 0.3 is 11.6 Å². The highest BCUT2D eigenvalue weighted by molar-refractivity contribution is 6.08. The summed E-state index contributed by atoms with van der Waals surface area (Å²) in [6.07, 6.45) is 0.0241. The zero-order valence-corrected chi connectivity index (χ0v) is 16.9. The number of hydrogen-bond acceptors (Lipinski definition) is 5. The van der Waals surface area contributed by atoms with Gasteiger partial charge in [-0.25, -0.2) is 4.79 Å². The number of fused-ring (bicyclic) bond motifs is 2. The summed E-state index contributed by atoms with van der Waals surface area (Å²) in [6.45, 7) is 7.93. The van der Waals surface area contributed by atoms with Gasteiger partial charge in [-0.2, -0.15) is 0 Å². The van der Waals surface area contributed by atoms with E-state index in [1.807, 2.05) is 38.1 Å². The Labute approximate surface area is 173 Å². The van der Waals surface area contributed by atoms with E-state index in [-0.39, 0.29) is 25.5 Å². The first kappa shape index (κ1) is 19.6. The fourth-order valence-electron chi connectivity index (χ4n) is 3.65. The van der Waals surface area contributed by atoms with Crippen molar-refractivity contribution in [2.75, 3.05) is 6.54 Å². The molecule has 0 atom stereocenters. The molecule has 0 saturated heterocycles. The number of carbonyl (C=O) groups is 2. The zero-order chi connectivity index (χ0) is 21.4. The van der Waals surface area contributed by atoms with Crippen LogP contribution in [-0.4, -0.2) is 23.3 Å². The first-order chi connectivity index (χ1) is 14.4. The van der Waals surface area contributed by atoms with Gasteiger partial charge in [0.05, 0.1) is 6.42 Å². The quantitative estimate of drug-likeness (QED) is 0.476. The van der Waals surface area contributed by atoms with Crippen molar-refractivity contribution in [2.45, 2.75) is 26.9 Å². The highest BCUT2D eigenvalue weighted by Gasteiger charge is 2.30. The molecule has 0 unspecified atom stereocenters. The van der Waals surface area contributed by atoms with Gasteiger partial charge in [0.2, 0.25) is 0 Å². The predicted molar refractivity (Wildman–Crippen MR) is 113 cm³/mol. The van der Waals surface area contributed by atoms with Crippen molar-refractivity contribution < 1.29 is 18.7 Å². The van der Waals surface area contributed by atoms with Crippen LogP contribution in [0.25, 0.3) is 16.7 Å². The van der Waals surface area contributed by atoms with Gasteiger partial charge in [0.25, 0.3) is 5.91 Å². The van der Waals surface area contributed by atoms with Crippen LogP contribution in [0.15, 0.2) is 58.3 Å². The van der Waals surface area contributed by atoms with Crippen LogP contribution in [0.5, 0.6) is 0 Å². The van der Waals surface area contributed by atoms with Gasteiger partial charge in [-0.05, 0) is 31.0 Å². The average molecular weight is 403 g/mol. The number of carbonyl (C=O) groups excluding carboxylic acids is 2. The molecule has 1 aliphatic heterocycles. The van der Waals surface area contributed by atoms with Gasteiger partial charge in [-0.15, -0.1) is 0 Å². The van der Waals surface area contributed by atoms with Crippen LogP contribution in [-0.2, 0) is 16.1 Å². The van der Waals surface area contributed by atoms with Gasteiger partial charge in [-0.1, -0.05) is 36.9 Å². The number of amides is 1. The molecule has 0 fully saturated rings. The fourth-order valence-corrected chi connectivity index (χ4v) is 3.65. The maximum absolute atomic E-state index is 12.5. The first-order valence-corrected chi connectivity index (χ1v) is 9.65. The van der Waals surface area contributed by atoms with E-state index in [0.717, 1.165) is 22.1 Å². The SMILES string of the molecule is C=C1c2ccccc2C(=O)N1CCC(=O)OCc1cc(=O)oc2c(C)c(C)ccc12. The van der Waals surface area contributed by atoms with Gasteiger partial charge in [0, 0.05) is 40.4 Å². The van der Waals surface area contributed by atoms with Crippen molar-refractivity contribution in [2.24, 2.45) is 0 Å². The fraction of sp³-hybridized carbons (Fsp3) is 0.208. The summed E-state index contributed by atoms with van der Waals surface area (Å²) in [5.74, 6) is -0.627. The van der Waals surface area contributed by atoms with E-state index in [1.165, 1.54) is 11.0 Å². The Balaban J connectivity index is 1.43. The van der Waals surface area contributed by atoms with Gasteiger partial charge in [0.1, 0.15) is 12.2 Å². The van der Waals surface area contributed by atoms with Crippen LogP contribution in [0.1, 0.15) is 39.0 Å². The molecule has 0 aliphatic carbocycles. The van der Waals surface area contributed by atoms with Crippen LogP contribution in [0.4, 0.5) is 0 Å². The standard InChI is InChI=1S/C24H21NO5/c1-14-8-9-19-17(12-22(27)30-23(19)15(14)2)13-29-21(26)10-11-25-16(3)18-6-4-5-7-20(18)24(25)28/h4-9,12H,3,10-11,13H2,1-2H3. The minimum absolute atomic E-state index is 0.0241. The summed E-state index contributed by atoms with van der Waals surface area (Å²) in [6, 6.07) is 12.4. The summed E-state index contributed by atoms with van der Waals surface area (Å²) >= 11 is 0. The topological polar surface area (TPSA) is 76.8 Å². The number of hydrogen-bond donors (Lipinski definition) is 0. The normalized spacial score (nSPS) is 13.1. The van der Waals surface area contributed by atoms with Crippen LogP contribution in [0, 0.1) is 13.8 Å². The molecule has 6 nitrogen and oxygen atoms in total. The number of aryl methyl sites for hydroxylation is 2. The number of esters is 1. The van der Waals surface area contributed by atoms with E-state index >= 15 is 0 Å². The molecule has 1 amide bonds. The maximum Gasteiger partial charge on any atom is 0.336 e. The summed E-state index contributed by atoms with van der Waals surface area (Å²) in [5.41, 5.74) is 4.45. The molecule has 0 saturated carbocycles. The second kappa shape index (κ2) is 7.63. The van der Waals surface area contributed by atoms with Crippen LogP contribution in [0.3, 0.4) is 0 Å². The van der Waals surface area contributed by atoms with E-state index in [9.17, 15) is 14.4 Å². The second-order valence-electron chi connectivity index (χ2n) is 7.33. The molecule has 1 aromatic heterocycles. The van der Waals surface area contributed by atoms with Crippen molar-refractivity contribution in [3.8, 4) is 0 Å². The third-order valence-corrected chi connectivity index (χ3v) is 5.48. The van der Waals surface area contributed by atoms with Crippen molar-refractivity contribution >= 4 is 28.5 Å². The minimum Gasteiger partial charge on any atom is -0.461 e. The first-order valence-electron chi connectivity index (χ1n) is 9.65. The molecule has 2 aromatic carbocycles. The molecule has 3 aromatic rings. The molecule has 0 spiro atoms. The zero-order valence-electron chi connectivity index (χ0n) is 16.9. The lowest BCUT2D eigenvalue weighted by Gasteiger charge is -2.17. The van der Waals surface area contributed by atoms with E-state index in [2.05, 4.69) is 6.58 Å². The maximum atomic E-state index is 12.5. The van der Waals surface area contributed by atoms with Crippen molar-refractivity contribution in [3.05, 3.63) is 87.3 Å². The van der Waals surface area contributed by atoms with E-state index in [1.54, 1.807) is 12.1 Å². The molecule has 30 heavy (non-hydrogen) atoms. The lowest BCUT2D eigenvalue weighted by Crippen LogP contribution is -2.26. The molecule has 4 rings (SSSR count). The number of rotatable bonds is 5. The van der Waals surface area contributed by atoms with Gasteiger partial charge in [0.15, 0.2) is 0 Å². The van der Waals surface area contributed by atoms with Gasteiger partial charge < -0.3 is 14.1 Å². The Kier molecular flexibility index (Phi) is 4.99. The van der Waals surface area contributed by atoms with Crippen molar-refractivity contribution in [1.82, 2.24) is 4.90 Å². The van der Waals surface area contributed by atoms with Crippen molar-refractivity contribution in [3.63, 3.8) is 0 Å². The summed E-state index contributed by atoms with van der Waals surface area (Å²) < 4.78 is 10.7. The summed E-state index contributed by atoms with van der Waals surface area (Å²) in [7, 11) is 0. The van der Waals surface area contributed by atoms with E-state index in [0.29, 0.717) is 22.4 Å². The highest BCUT2D eigenvalue weighted by Crippen LogP contribution is 2.31. The van der Waals surface area contributed by atoms with Crippen LogP contribution in [0.2, 0.25) is 0 Å². The Hall–Kier alpha value is -3.67. The minimum atomic E-state index is -0.487. The predicted octanol–water partition coefficient (Wildman–Crippen LogP) is 3.97. The number of ether oxygens (including phenoxy) is 1. The molecular weight excluding hydrogens is 382 g/mol. The molecule has 2 heterocycles. The number of benzene rings is 2. The molecule has 0 radical (unpaired) electrons. The molecule has 6 heteroatoms. The Bertz CT molecular complexity index is 1220. The Morgan fingerprint density at radius 1 is 1.10 bits per heavy atom. The van der Waals surface area contributed by atoms with E-state index in [4.69, 9.17) is 9.15 Å². The molecule has 0 N–H and O–H groups in total. The van der Waals surface area contributed by atoms with Crippen molar-refractivity contribution in [1.29, 1.82) is 0 Å². The smallest absolute Gasteiger partial charge is 0.336 e. The highest BCUT2D eigenvalue weighted by atomic mass is 16.5. The largest absolute Gasteiger partial charge is 0.461 e. The monoisotopic (exact) mass is 403 g/mol. The summed E-state index contributed by atoms with van der Waals surface area (Å²) in [4.78, 5) is 38.2. The van der Waals surface area contributed by atoms with E-state index < -0.39 is 11.6 Å². The lowest BCUT2D eigenvalue weighted by molar-refractivity contribution is -0.145. The molecule has 152 valence electrons. The second-order valence-corrected chi connectivity index (χ2v) is 7.33. The van der Waals surface area contributed by atoms with Crippen LogP contribution >= 0.6 is 0 Å². The lowest BCUT2D eigenvalue weighted by atomic mass is 10.0. The summed E-state index contributed by atoms with van der Waals surface area (Å²) in [5, 5.41) is 0.740. The molecule has 0 bridgehead atoms.